The number of ether oxygens (including phenoxy) is 1. The molecule has 0 aliphatic carbocycles. The van der Waals surface area contributed by atoms with Gasteiger partial charge in [-0.1, -0.05) is 0 Å². The Hall–Kier alpha value is -4.21. The third kappa shape index (κ3) is 2.83. The average molecular weight is 433 g/mol. The van der Waals surface area contributed by atoms with Crippen molar-refractivity contribution < 1.29 is 9.13 Å². The second kappa shape index (κ2) is 7.19. The van der Waals surface area contributed by atoms with Crippen LogP contribution in [0, 0.1) is 12.7 Å². The summed E-state index contributed by atoms with van der Waals surface area (Å²) in [6.45, 7) is 1.93. The summed E-state index contributed by atoms with van der Waals surface area (Å²) in [6, 6.07) is 3.84. The molecular weight excluding hydrogens is 413 g/mol. The molecule has 0 fully saturated rings. The summed E-state index contributed by atoms with van der Waals surface area (Å²) >= 11 is 0. The lowest BCUT2D eigenvalue weighted by Crippen LogP contribution is -2.17. The number of hydrogen-bond acceptors (Lipinski definition) is 6. The molecule has 5 aromatic rings. The number of nitrogens with zero attached hydrogens (tertiary/aromatic N) is 5. The van der Waals surface area contributed by atoms with Gasteiger partial charge in [0.1, 0.15) is 5.69 Å². The normalized spacial score (nSPS) is 11.4. The summed E-state index contributed by atoms with van der Waals surface area (Å²) in [6.07, 6.45) is 5.92. The molecule has 0 radical (unpaired) electrons. The molecule has 0 amide bonds. The molecule has 9 nitrogen and oxygen atoms in total. The molecule has 0 unspecified atom stereocenters. The summed E-state index contributed by atoms with van der Waals surface area (Å²) in [5.41, 5.74) is 4.65. The molecule has 5 rings (SSSR count). The lowest BCUT2D eigenvalue weighted by Gasteiger charge is -2.13. The largest absolute Gasteiger partial charge is 0.493 e. The minimum absolute atomic E-state index is 0.0111. The summed E-state index contributed by atoms with van der Waals surface area (Å²) in [5, 5.41) is 8.33. The summed E-state index contributed by atoms with van der Waals surface area (Å²) in [7, 11) is 5.10. The van der Waals surface area contributed by atoms with Crippen molar-refractivity contribution in [2.75, 3.05) is 19.5 Å². The second-order valence-electron chi connectivity index (χ2n) is 7.43. The quantitative estimate of drug-likeness (QED) is 0.451. The van der Waals surface area contributed by atoms with Crippen LogP contribution < -0.4 is 15.7 Å². The molecule has 32 heavy (non-hydrogen) atoms. The topological polar surface area (TPSA) is 103 Å². The van der Waals surface area contributed by atoms with Gasteiger partial charge in [-0.25, -0.2) is 9.18 Å². The minimum Gasteiger partial charge on any atom is -0.493 e. The SMILES string of the molecule is CNc1cc2ncc3[nH]c(=O)n(-c4c(F)cncc4OC)c3c2cc1-c1cn(C)nc1C. The van der Waals surface area contributed by atoms with Gasteiger partial charge in [0.2, 0.25) is 0 Å². The minimum atomic E-state index is -0.674. The van der Waals surface area contributed by atoms with Crippen LogP contribution in [0.25, 0.3) is 38.8 Å². The summed E-state index contributed by atoms with van der Waals surface area (Å²) in [5.74, 6) is -0.527. The van der Waals surface area contributed by atoms with Gasteiger partial charge in [0.05, 0.1) is 47.9 Å². The summed E-state index contributed by atoms with van der Waals surface area (Å²) in [4.78, 5) is 24.1. The molecule has 0 saturated heterocycles. The zero-order chi connectivity index (χ0) is 22.6. The number of halogens is 1. The van der Waals surface area contributed by atoms with Gasteiger partial charge in [0, 0.05) is 42.5 Å². The average Bonchev–Trinajstić information content (AvgIpc) is 3.29. The molecule has 0 spiro atoms. The number of benzene rings is 1. The maximum atomic E-state index is 14.9. The first kappa shape index (κ1) is 19.7. The Bertz CT molecular complexity index is 1560. The number of aromatic amines is 1. The number of methoxy groups -OCH3 is 1. The van der Waals surface area contributed by atoms with Crippen molar-refractivity contribution in [3.63, 3.8) is 0 Å². The van der Waals surface area contributed by atoms with Crippen LogP contribution in [0.15, 0.2) is 41.7 Å². The predicted octanol–water partition coefficient (Wildman–Crippen LogP) is 3.16. The van der Waals surface area contributed by atoms with E-state index in [-0.39, 0.29) is 11.4 Å². The first-order valence-electron chi connectivity index (χ1n) is 9.86. The molecule has 0 aliphatic rings. The molecule has 2 N–H and O–H groups in total. The number of rotatable bonds is 4. The van der Waals surface area contributed by atoms with Crippen molar-refractivity contribution in [3.05, 3.63) is 58.9 Å². The first-order chi connectivity index (χ1) is 15.4. The molecule has 4 aromatic heterocycles. The van der Waals surface area contributed by atoms with Gasteiger partial charge in [-0.15, -0.1) is 0 Å². The number of fused-ring (bicyclic) bond motifs is 3. The van der Waals surface area contributed by atoms with E-state index in [1.165, 1.54) is 17.9 Å². The Labute approximate surface area is 181 Å². The van der Waals surface area contributed by atoms with Crippen LogP contribution in [0.1, 0.15) is 5.69 Å². The monoisotopic (exact) mass is 433 g/mol. The Kier molecular flexibility index (Phi) is 4.43. The lowest BCUT2D eigenvalue weighted by atomic mass is 10.0. The Balaban J connectivity index is 1.93. The van der Waals surface area contributed by atoms with Gasteiger partial charge in [-0.3, -0.25) is 19.2 Å². The highest BCUT2D eigenvalue weighted by molar-refractivity contribution is 6.06. The molecule has 0 bridgehead atoms. The number of pyridine rings is 2. The molecule has 1 aromatic carbocycles. The van der Waals surface area contributed by atoms with Crippen molar-refractivity contribution in [2.24, 2.45) is 7.05 Å². The molecule has 0 aliphatic heterocycles. The molecule has 4 heterocycles. The smallest absolute Gasteiger partial charge is 0.331 e. The van der Waals surface area contributed by atoms with Crippen molar-refractivity contribution in [1.82, 2.24) is 29.3 Å². The van der Waals surface area contributed by atoms with E-state index in [0.29, 0.717) is 21.9 Å². The van der Waals surface area contributed by atoms with Gasteiger partial charge < -0.3 is 15.0 Å². The zero-order valence-corrected chi connectivity index (χ0v) is 17.9. The number of imidazole rings is 1. The van der Waals surface area contributed by atoms with E-state index in [9.17, 15) is 9.18 Å². The van der Waals surface area contributed by atoms with Gasteiger partial charge in [0.25, 0.3) is 0 Å². The second-order valence-corrected chi connectivity index (χ2v) is 7.43. The Morgan fingerprint density at radius 1 is 1.19 bits per heavy atom. The number of aromatic nitrogens is 6. The van der Waals surface area contributed by atoms with E-state index in [0.717, 1.165) is 28.7 Å². The van der Waals surface area contributed by atoms with Gasteiger partial charge in [0.15, 0.2) is 11.6 Å². The standard InChI is InChI=1S/C22H20FN7O2/c1-11-14(10-29(3)28-11)12-5-13-17(6-16(12)24-2)26-8-18-20(13)30(22(31)27-18)21-15(23)7-25-9-19(21)32-4/h5-10,24H,1-4H3,(H,27,31). The third-order valence-electron chi connectivity index (χ3n) is 5.50. The fraction of sp³-hybridized carbons (Fsp3) is 0.182. The van der Waals surface area contributed by atoms with E-state index in [1.807, 2.05) is 39.3 Å². The Morgan fingerprint density at radius 3 is 2.69 bits per heavy atom. The van der Waals surface area contributed by atoms with Crippen molar-refractivity contribution in [2.45, 2.75) is 6.92 Å². The highest BCUT2D eigenvalue weighted by Gasteiger charge is 2.21. The van der Waals surface area contributed by atoms with Crippen LogP contribution in [-0.4, -0.2) is 43.5 Å². The molecule has 0 saturated carbocycles. The van der Waals surface area contributed by atoms with Crippen molar-refractivity contribution >= 4 is 27.6 Å². The number of H-pyrrole nitrogens is 1. The third-order valence-corrected chi connectivity index (χ3v) is 5.50. The van der Waals surface area contributed by atoms with Gasteiger partial charge in [-0.05, 0) is 19.1 Å². The molecular formula is C22H20FN7O2. The van der Waals surface area contributed by atoms with E-state index < -0.39 is 11.5 Å². The first-order valence-corrected chi connectivity index (χ1v) is 9.86. The van der Waals surface area contributed by atoms with Crippen LogP contribution in [0.3, 0.4) is 0 Å². The van der Waals surface area contributed by atoms with E-state index in [4.69, 9.17) is 4.74 Å². The molecule has 10 heteroatoms. The van der Waals surface area contributed by atoms with Gasteiger partial charge >= 0.3 is 5.69 Å². The number of nitrogens with one attached hydrogen (secondary N) is 2. The number of anilines is 1. The van der Waals surface area contributed by atoms with Crippen LogP contribution in [-0.2, 0) is 7.05 Å². The van der Waals surface area contributed by atoms with Crippen LogP contribution in [0.4, 0.5) is 10.1 Å². The van der Waals surface area contributed by atoms with Crippen LogP contribution >= 0.6 is 0 Å². The number of aryl methyl sites for hydroxylation is 2. The van der Waals surface area contributed by atoms with Gasteiger partial charge in [-0.2, -0.15) is 5.10 Å². The van der Waals surface area contributed by atoms with E-state index >= 15 is 0 Å². The fourth-order valence-electron chi connectivity index (χ4n) is 4.11. The molecule has 162 valence electrons. The highest BCUT2D eigenvalue weighted by atomic mass is 19.1. The summed E-state index contributed by atoms with van der Waals surface area (Å²) < 4.78 is 23.2. The molecule has 0 atom stereocenters. The maximum Gasteiger partial charge on any atom is 0.331 e. The zero-order valence-electron chi connectivity index (χ0n) is 17.9. The van der Waals surface area contributed by atoms with Crippen LogP contribution in [0.5, 0.6) is 5.75 Å². The van der Waals surface area contributed by atoms with E-state index in [2.05, 4.69) is 25.4 Å². The van der Waals surface area contributed by atoms with Crippen molar-refractivity contribution in [3.8, 4) is 22.6 Å². The van der Waals surface area contributed by atoms with E-state index in [1.54, 1.807) is 10.9 Å². The van der Waals surface area contributed by atoms with Crippen LogP contribution in [0.2, 0.25) is 0 Å². The number of hydrogen-bond donors (Lipinski definition) is 2. The Morgan fingerprint density at radius 2 is 2.00 bits per heavy atom. The van der Waals surface area contributed by atoms with Crippen molar-refractivity contribution in [1.29, 1.82) is 0 Å². The maximum absolute atomic E-state index is 14.9. The lowest BCUT2D eigenvalue weighted by molar-refractivity contribution is 0.406. The fourth-order valence-corrected chi connectivity index (χ4v) is 4.11. The predicted molar refractivity (Wildman–Crippen MR) is 120 cm³/mol. The highest BCUT2D eigenvalue weighted by Crippen LogP contribution is 2.36.